The third kappa shape index (κ3) is 3.26. The smallest absolute Gasteiger partial charge is 0.205 e. The van der Waals surface area contributed by atoms with E-state index in [1.165, 1.54) is 35.2 Å². The van der Waals surface area contributed by atoms with Gasteiger partial charge in [0.25, 0.3) is 0 Å². The Bertz CT molecular complexity index is 1480. The van der Waals surface area contributed by atoms with E-state index in [9.17, 15) is 4.79 Å². The number of carbonyl (C=O) groups is 1. The second-order valence-electron chi connectivity index (χ2n) is 7.12. The molecule has 6 aromatic heterocycles. The van der Waals surface area contributed by atoms with Gasteiger partial charge in [0.05, 0.1) is 33.4 Å². The first-order chi connectivity index (χ1) is 16.6. The fraction of sp³-hybridized carbons (Fsp3) is 0. The number of carbonyl (C=O) groups excluding carboxylic acids is 1. The molecular formula is C23H14N4O5S2. The van der Waals surface area contributed by atoms with E-state index in [4.69, 9.17) is 29.1 Å². The Labute approximate surface area is 199 Å². The van der Waals surface area contributed by atoms with Gasteiger partial charge in [0.2, 0.25) is 17.6 Å². The summed E-state index contributed by atoms with van der Waals surface area (Å²) in [5, 5.41) is 1.33. The van der Waals surface area contributed by atoms with Gasteiger partial charge in [-0.15, -0.1) is 22.7 Å². The van der Waals surface area contributed by atoms with Crippen LogP contribution in [-0.4, -0.2) is 15.8 Å². The number of hydrogen-bond donors (Lipinski definition) is 2. The lowest BCUT2D eigenvalue weighted by molar-refractivity contribution is 0.104. The summed E-state index contributed by atoms with van der Waals surface area (Å²) in [4.78, 5) is 23.9. The summed E-state index contributed by atoms with van der Waals surface area (Å²) in [5.74, 6) is 0.766. The lowest BCUT2D eigenvalue weighted by Crippen LogP contribution is -2.07. The highest BCUT2D eigenvalue weighted by molar-refractivity contribution is 7.18. The summed E-state index contributed by atoms with van der Waals surface area (Å²) in [6.07, 6.45) is 9.28. The second kappa shape index (κ2) is 7.90. The van der Waals surface area contributed by atoms with Crippen LogP contribution in [0, 0.1) is 0 Å². The molecule has 4 N–H and O–H groups in total. The molecule has 0 aromatic carbocycles. The molecule has 0 radical (unpaired) electrons. The van der Waals surface area contributed by atoms with Gasteiger partial charge >= 0.3 is 0 Å². The molecule has 6 heterocycles. The van der Waals surface area contributed by atoms with Gasteiger partial charge in [-0.1, -0.05) is 0 Å². The Hall–Kier alpha value is -4.35. The van der Waals surface area contributed by atoms with Gasteiger partial charge in [0.15, 0.2) is 21.5 Å². The predicted octanol–water partition coefficient (Wildman–Crippen LogP) is 6.04. The van der Waals surface area contributed by atoms with Crippen molar-refractivity contribution in [2.24, 2.45) is 0 Å². The van der Waals surface area contributed by atoms with E-state index >= 15 is 0 Å². The van der Waals surface area contributed by atoms with Crippen LogP contribution in [0.4, 0.5) is 11.8 Å². The fourth-order valence-electron chi connectivity index (χ4n) is 3.53. The van der Waals surface area contributed by atoms with Crippen LogP contribution in [0.3, 0.4) is 0 Å². The molecule has 11 heteroatoms. The Morgan fingerprint density at radius 1 is 0.735 bits per heavy atom. The summed E-state index contributed by atoms with van der Waals surface area (Å²) < 4.78 is 21.7. The van der Waals surface area contributed by atoms with E-state index in [2.05, 4.69) is 9.97 Å². The number of nitrogen functional groups attached to an aromatic ring is 2. The minimum atomic E-state index is -0.427. The highest BCUT2D eigenvalue weighted by Crippen LogP contribution is 2.42. The SMILES string of the molecule is Nc1occ(-c2cnc(-c3ccco3)s2)c1C(=O)c1c(-c2cnc(-c3ccco3)s2)coc1N. The number of nitrogens with zero attached hydrogens (tertiary/aromatic N) is 2. The van der Waals surface area contributed by atoms with E-state index in [1.54, 1.807) is 37.1 Å². The summed E-state index contributed by atoms with van der Waals surface area (Å²) in [7, 11) is 0. The first-order valence-corrected chi connectivity index (χ1v) is 11.5. The van der Waals surface area contributed by atoms with Crippen LogP contribution in [0.5, 0.6) is 0 Å². The van der Waals surface area contributed by atoms with E-state index in [0.29, 0.717) is 42.4 Å². The van der Waals surface area contributed by atoms with Gasteiger partial charge in [-0.3, -0.25) is 4.79 Å². The zero-order chi connectivity index (χ0) is 23.2. The fourth-order valence-corrected chi connectivity index (χ4v) is 5.32. The normalized spacial score (nSPS) is 11.3. The van der Waals surface area contributed by atoms with Gasteiger partial charge in [-0.2, -0.15) is 0 Å². The quantitative estimate of drug-likeness (QED) is 0.267. The Morgan fingerprint density at radius 3 is 1.62 bits per heavy atom. The molecule has 0 bridgehead atoms. The van der Waals surface area contributed by atoms with Crippen molar-refractivity contribution in [3.63, 3.8) is 0 Å². The number of hydrogen-bond acceptors (Lipinski definition) is 11. The number of anilines is 2. The summed E-state index contributed by atoms with van der Waals surface area (Å²) in [5.41, 5.74) is 13.5. The highest BCUT2D eigenvalue weighted by Gasteiger charge is 2.30. The average Bonchev–Trinajstić information content (AvgIpc) is 3.65. The van der Waals surface area contributed by atoms with Gasteiger partial charge in [-0.05, 0) is 24.3 Å². The van der Waals surface area contributed by atoms with Crippen LogP contribution >= 0.6 is 22.7 Å². The Kier molecular flexibility index (Phi) is 4.71. The molecule has 0 atom stereocenters. The number of thiazole rings is 2. The molecule has 0 saturated heterocycles. The minimum Gasteiger partial charge on any atom is -0.462 e. The summed E-state index contributed by atoms with van der Waals surface area (Å²) >= 11 is 2.69. The monoisotopic (exact) mass is 490 g/mol. The lowest BCUT2D eigenvalue weighted by atomic mass is 9.99. The average molecular weight is 491 g/mol. The molecule has 0 aliphatic heterocycles. The van der Waals surface area contributed by atoms with Gasteiger partial charge < -0.3 is 29.1 Å². The number of furan rings is 4. The second-order valence-corrected chi connectivity index (χ2v) is 9.18. The molecule has 0 fully saturated rings. The van der Waals surface area contributed by atoms with Crippen molar-refractivity contribution in [3.05, 3.63) is 72.8 Å². The molecule has 6 aromatic rings. The molecule has 0 aliphatic rings. The third-order valence-electron chi connectivity index (χ3n) is 5.10. The zero-order valence-electron chi connectivity index (χ0n) is 17.2. The van der Waals surface area contributed by atoms with Crippen LogP contribution in [-0.2, 0) is 0 Å². The molecule has 6 rings (SSSR count). The summed E-state index contributed by atoms with van der Waals surface area (Å²) in [6, 6.07) is 7.17. The topological polar surface area (TPSA) is 147 Å². The minimum absolute atomic E-state index is 0.0277. The van der Waals surface area contributed by atoms with E-state index in [-0.39, 0.29) is 22.9 Å². The first-order valence-electron chi connectivity index (χ1n) is 9.89. The van der Waals surface area contributed by atoms with E-state index < -0.39 is 5.78 Å². The predicted molar refractivity (Wildman–Crippen MR) is 127 cm³/mol. The molecule has 34 heavy (non-hydrogen) atoms. The lowest BCUT2D eigenvalue weighted by Gasteiger charge is -2.03. The molecule has 0 amide bonds. The van der Waals surface area contributed by atoms with Crippen molar-refractivity contribution in [3.8, 4) is 42.4 Å². The van der Waals surface area contributed by atoms with E-state index in [1.807, 2.05) is 12.1 Å². The largest absolute Gasteiger partial charge is 0.462 e. The maximum Gasteiger partial charge on any atom is 0.205 e. The number of aromatic nitrogens is 2. The van der Waals surface area contributed by atoms with Crippen LogP contribution in [0.15, 0.2) is 79.4 Å². The van der Waals surface area contributed by atoms with Crippen LogP contribution < -0.4 is 11.5 Å². The standard InChI is InChI=1S/C23H14N4O5S2/c24-20-17(11(9-31-20)15-7-26-22(33-15)13-3-1-5-29-13)19(28)18-12(10-32-21(18)25)16-8-27-23(34-16)14-4-2-6-30-14/h1-10H,24-25H2. The van der Waals surface area contributed by atoms with Gasteiger partial charge in [-0.25, -0.2) is 9.97 Å². The van der Waals surface area contributed by atoms with Crippen molar-refractivity contribution in [2.75, 3.05) is 11.5 Å². The number of nitrogens with two attached hydrogens (primary N) is 2. The number of rotatable bonds is 6. The molecule has 0 saturated carbocycles. The van der Waals surface area contributed by atoms with Crippen LogP contribution in [0.1, 0.15) is 15.9 Å². The molecule has 9 nitrogen and oxygen atoms in total. The van der Waals surface area contributed by atoms with Crippen molar-refractivity contribution in [1.82, 2.24) is 9.97 Å². The van der Waals surface area contributed by atoms with Crippen molar-refractivity contribution < 1.29 is 22.5 Å². The maximum absolute atomic E-state index is 13.7. The molecular weight excluding hydrogens is 476 g/mol. The van der Waals surface area contributed by atoms with Crippen LogP contribution in [0.25, 0.3) is 42.4 Å². The number of ketones is 1. The van der Waals surface area contributed by atoms with Gasteiger partial charge in [0.1, 0.15) is 12.5 Å². The molecule has 168 valence electrons. The van der Waals surface area contributed by atoms with Crippen molar-refractivity contribution in [2.45, 2.75) is 0 Å². The summed E-state index contributed by atoms with van der Waals surface area (Å²) in [6.45, 7) is 0. The van der Waals surface area contributed by atoms with Gasteiger partial charge in [0, 0.05) is 23.5 Å². The Morgan fingerprint density at radius 2 is 1.21 bits per heavy atom. The highest BCUT2D eigenvalue weighted by atomic mass is 32.1. The van der Waals surface area contributed by atoms with Crippen LogP contribution in [0.2, 0.25) is 0 Å². The maximum atomic E-state index is 13.7. The van der Waals surface area contributed by atoms with E-state index in [0.717, 1.165) is 0 Å². The molecule has 0 aliphatic carbocycles. The third-order valence-corrected chi connectivity index (χ3v) is 7.19. The Balaban J connectivity index is 1.40. The van der Waals surface area contributed by atoms with Crippen molar-refractivity contribution >= 4 is 40.2 Å². The first kappa shape index (κ1) is 20.3. The van der Waals surface area contributed by atoms with Crippen molar-refractivity contribution in [1.29, 1.82) is 0 Å². The zero-order valence-corrected chi connectivity index (χ0v) is 18.8. The molecule has 0 spiro atoms. The molecule has 0 unspecified atom stereocenters.